The van der Waals surface area contributed by atoms with E-state index in [0.717, 1.165) is 35.3 Å². The fourth-order valence-corrected chi connectivity index (χ4v) is 4.72. The van der Waals surface area contributed by atoms with Crippen LogP contribution in [-0.2, 0) is 11.3 Å². The van der Waals surface area contributed by atoms with Gasteiger partial charge >= 0.3 is 0 Å². The minimum Gasteiger partial charge on any atom is -0.489 e. The fourth-order valence-electron chi connectivity index (χ4n) is 4.72. The van der Waals surface area contributed by atoms with E-state index in [-0.39, 0.29) is 23.2 Å². The van der Waals surface area contributed by atoms with Crippen LogP contribution in [0.4, 0.5) is 5.82 Å². The van der Waals surface area contributed by atoms with Crippen molar-refractivity contribution in [2.45, 2.75) is 64.4 Å². The molecule has 1 aliphatic rings. The van der Waals surface area contributed by atoms with E-state index < -0.39 is 0 Å². The molecule has 4 rings (SSSR count). The Kier molecular flexibility index (Phi) is 6.62. The molecule has 0 unspecified atom stereocenters. The Morgan fingerprint density at radius 1 is 1.03 bits per heavy atom. The van der Waals surface area contributed by atoms with Crippen molar-refractivity contribution in [2.75, 3.05) is 5.73 Å². The van der Waals surface area contributed by atoms with Gasteiger partial charge < -0.3 is 20.5 Å². The number of nitrogens with two attached hydrogens (primary N) is 1. The number of aromatic nitrogens is 1. The van der Waals surface area contributed by atoms with Crippen LogP contribution < -0.4 is 15.8 Å². The quantitative estimate of drug-likeness (QED) is 0.517. The maximum atomic E-state index is 12.8. The summed E-state index contributed by atoms with van der Waals surface area (Å²) in [6.45, 7) is 8.70. The molecule has 1 fully saturated rings. The standard InChI is InChI=1S/C28H33N3O3/c1-27(2)15-23(16-28(3,4)34-27)31-26(32)20-10-8-19(9-11-20)18-33-24-7-5-6-21(14-24)22-12-13-25(29)30-17-22/h5-14,17,23H,15-16,18H2,1-4H3,(H2,29,30)(H,31,32). The molecular formula is C28H33N3O3. The Bertz CT molecular complexity index is 1120. The number of anilines is 1. The second-order valence-electron chi connectivity index (χ2n) is 10.2. The molecule has 1 aliphatic heterocycles. The molecule has 2 heterocycles. The van der Waals surface area contributed by atoms with E-state index in [2.05, 4.69) is 38.0 Å². The summed E-state index contributed by atoms with van der Waals surface area (Å²) in [7, 11) is 0. The Morgan fingerprint density at radius 3 is 2.38 bits per heavy atom. The highest BCUT2D eigenvalue weighted by atomic mass is 16.5. The topological polar surface area (TPSA) is 86.5 Å². The van der Waals surface area contributed by atoms with Crippen LogP contribution in [0.15, 0.2) is 66.9 Å². The maximum absolute atomic E-state index is 12.8. The molecule has 0 radical (unpaired) electrons. The van der Waals surface area contributed by atoms with Crippen molar-refractivity contribution in [1.82, 2.24) is 10.3 Å². The first-order valence-corrected chi connectivity index (χ1v) is 11.6. The van der Waals surface area contributed by atoms with Gasteiger partial charge in [-0.1, -0.05) is 24.3 Å². The highest BCUT2D eigenvalue weighted by Crippen LogP contribution is 2.35. The number of benzene rings is 2. The third-order valence-corrected chi connectivity index (χ3v) is 5.94. The van der Waals surface area contributed by atoms with E-state index in [0.29, 0.717) is 18.0 Å². The van der Waals surface area contributed by atoms with Crippen LogP contribution in [-0.4, -0.2) is 28.1 Å². The molecule has 6 nitrogen and oxygen atoms in total. The van der Waals surface area contributed by atoms with Gasteiger partial charge in [0, 0.05) is 23.4 Å². The molecule has 0 spiro atoms. The van der Waals surface area contributed by atoms with Crippen molar-refractivity contribution in [1.29, 1.82) is 0 Å². The van der Waals surface area contributed by atoms with E-state index >= 15 is 0 Å². The minimum atomic E-state index is -0.261. The predicted octanol–water partition coefficient (Wildman–Crippen LogP) is 5.38. The van der Waals surface area contributed by atoms with Crippen LogP contribution in [0.25, 0.3) is 11.1 Å². The van der Waals surface area contributed by atoms with Gasteiger partial charge in [-0.3, -0.25) is 4.79 Å². The van der Waals surface area contributed by atoms with Crippen LogP contribution in [0.5, 0.6) is 5.75 Å². The van der Waals surface area contributed by atoms with Crippen molar-refractivity contribution >= 4 is 11.7 Å². The summed E-state index contributed by atoms with van der Waals surface area (Å²) in [5, 5.41) is 3.19. The molecule has 0 bridgehead atoms. The van der Waals surface area contributed by atoms with Gasteiger partial charge in [0.15, 0.2) is 0 Å². The number of hydrogen-bond donors (Lipinski definition) is 2. The predicted molar refractivity (Wildman–Crippen MR) is 135 cm³/mol. The Morgan fingerprint density at radius 2 is 1.74 bits per heavy atom. The number of nitrogens with one attached hydrogen (secondary N) is 1. The number of pyridine rings is 1. The van der Waals surface area contributed by atoms with Crippen molar-refractivity contribution < 1.29 is 14.3 Å². The molecule has 0 aliphatic carbocycles. The molecule has 34 heavy (non-hydrogen) atoms. The van der Waals surface area contributed by atoms with Crippen molar-refractivity contribution in [3.05, 3.63) is 78.0 Å². The van der Waals surface area contributed by atoms with Gasteiger partial charge in [0.2, 0.25) is 0 Å². The summed E-state index contributed by atoms with van der Waals surface area (Å²) in [4.78, 5) is 17.0. The number of ether oxygens (including phenoxy) is 2. The van der Waals surface area contributed by atoms with Gasteiger partial charge in [-0.05, 0) is 88.1 Å². The van der Waals surface area contributed by atoms with Gasteiger partial charge in [0.05, 0.1) is 11.2 Å². The molecule has 1 amide bonds. The molecule has 0 atom stereocenters. The lowest BCUT2D eigenvalue weighted by atomic mass is 9.85. The summed E-state index contributed by atoms with van der Waals surface area (Å²) < 4.78 is 12.1. The van der Waals surface area contributed by atoms with E-state index in [1.807, 2.05) is 54.6 Å². The molecule has 0 saturated carbocycles. The van der Waals surface area contributed by atoms with E-state index in [4.69, 9.17) is 15.2 Å². The van der Waals surface area contributed by atoms with Crippen LogP contribution in [0, 0.1) is 0 Å². The summed E-state index contributed by atoms with van der Waals surface area (Å²) in [6.07, 6.45) is 3.33. The molecule has 178 valence electrons. The largest absolute Gasteiger partial charge is 0.489 e. The molecular weight excluding hydrogens is 426 g/mol. The number of amides is 1. The Labute approximate surface area is 201 Å². The third-order valence-electron chi connectivity index (χ3n) is 5.94. The number of carbonyl (C=O) groups excluding carboxylic acids is 1. The first kappa shape index (κ1) is 23.8. The third kappa shape index (κ3) is 6.14. The molecule has 1 saturated heterocycles. The highest BCUT2D eigenvalue weighted by Gasteiger charge is 2.39. The van der Waals surface area contributed by atoms with Gasteiger partial charge in [-0.15, -0.1) is 0 Å². The smallest absolute Gasteiger partial charge is 0.251 e. The number of nitrogen functional groups attached to an aromatic ring is 1. The lowest BCUT2D eigenvalue weighted by Gasteiger charge is -2.45. The first-order valence-electron chi connectivity index (χ1n) is 11.6. The number of hydrogen-bond acceptors (Lipinski definition) is 5. The highest BCUT2D eigenvalue weighted by molar-refractivity contribution is 5.94. The monoisotopic (exact) mass is 459 g/mol. The van der Waals surface area contributed by atoms with E-state index in [9.17, 15) is 4.79 Å². The number of rotatable bonds is 6. The second kappa shape index (κ2) is 9.47. The Hall–Kier alpha value is -3.38. The van der Waals surface area contributed by atoms with Crippen molar-refractivity contribution in [3.63, 3.8) is 0 Å². The van der Waals surface area contributed by atoms with Gasteiger partial charge in [0.25, 0.3) is 5.91 Å². The average Bonchev–Trinajstić information content (AvgIpc) is 2.76. The molecule has 3 N–H and O–H groups in total. The van der Waals surface area contributed by atoms with Gasteiger partial charge in [-0.25, -0.2) is 4.98 Å². The summed E-state index contributed by atoms with van der Waals surface area (Å²) in [5.74, 6) is 1.20. The van der Waals surface area contributed by atoms with E-state index in [1.54, 1.807) is 12.3 Å². The first-order chi connectivity index (χ1) is 16.1. The molecule has 2 aromatic carbocycles. The van der Waals surface area contributed by atoms with Gasteiger partial charge in [0.1, 0.15) is 18.2 Å². The zero-order valence-corrected chi connectivity index (χ0v) is 20.3. The van der Waals surface area contributed by atoms with Crippen LogP contribution >= 0.6 is 0 Å². The maximum Gasteiger partial charge on any atom is 0.251 e. The SMILES string of the molecule is CC1(C)CC(NC(=O)c2ccc(COc3cccc(-c4ccc(N)nc4)c3)cc2)CC(C)(C)O1. The summed E-state index contributed by atoms with van der Waals surface area (Å²) >= 11 is 0. The lowest BCUT2D eigenvalue weighted by Crippen LogP contribution is -2.52. The van der Waals surface area contributed by atoms with Crippen molar-refractivity contribution in [3.8, 4) is 16.9 Å². The lowest BCUT2D eigenvalue weighted by molar-refractivity contribution is -0.162. The molecule has 6 heteroatoms. The Balaban J connectivity index is 1.35. The number of carbonyl (C=O) groups is 1. The summed E-state index contributed by atoms with van der Waals surface area (Å²) in [5.41, 5.74) is 8.78. The van der Waals surface area contributed by atoms with Crippen molar-refractivity contribution in [2.24, 2.45) is 0 Å². The fraction of sp³-hybridized carbons (Fsp3) is 0.357. The van der Waals surface area contributed by atoms with E-state index in [1.165, 1.54) is 0 Å². The second-order valence-corrected chi connectivity index (χ2v) is 10.2. The van der Waals surface area contributed by atoms with Gasteiger partial charge in [-0.2, -0.15) is 0 Å². The normalized spacial score (nSPS) is 17.2. The van der Waals surface area contributed by atoms with Crippen LogP contribution in [0.2, 0.25) is 0 Å². The van der Waals surface area contributed by atoms with Crippen LogP contribution in [0.1, 0.15) is 56.5 Å². The number of nitrogens with zero attached hydrogens (tertiary/aromatic N) is 1. The molecule has 1 aromatic heterocycles. The summed E-state index contributed by atoms with van der Waals surface area (Å²) in [6, 6.07) is 19.2. The zero-order chi connectivity index (χ0) is 24.3. The average molecular weight is 460 g/mol. The zero-order valence-electron chi connectivity index (χ0n) is 20.3. The van der Waals surface area contributed by atoms with Crippen LogP contribution in [0.3, 0.4) is 0 Å². The molecule has 3 aromatic rings. The minimum absolute atomic E-state index is 0.0595.